The number of carbonyl (C=O) groups excluding carboxylic acids is 1. The molecule has 1 amide bonds. The van der Waals surface area contributed by atoms with Gasteiger partial charge in [0.15, 0.2) is 0 Å². The van der Waals surface area contributed by atoms with Gasteiger partial charge in [-0.15, -0.1) is 0 Å². The van der Waals surface area contributed by atoms with Crippen LogP contribution in [-0.2, 0) is 4.79 Å². The van der Waals surface area contributed by atoms with E-state index in [1.54, 1.807) is 0 Å². The molecule has 0 aromatic carbocycles. The molecule has 82 valence electrons. The molecule has 1 aliphatic rings. The highest BCUT2D eigenvalue weighted by molar-refractivity contribution is 5.84. The van der Waals surface area contributed by atoms with Crippen molar-refractivity contribution in [3.8, 4) is 0 Å². The fourth-order valence-corrected chi connectivity index (χ4v) is 2.03. The number of rotatable bonds is 4. The van der Waals surface area contributed by atoms with E-state index < -0.39 is 0 Å². The van der Waals surface area contributed by atoms with E-state index in [2.05, 4.69) is 26.1 Å². The SMILES string of the molecule is CCCC1NC(C)C(=O)N1C(C)CC. The first kappa shape index (κ1) is 11.5. The zero-order chi connectivity index (χ0) is 10.7. The van der Waals surface area contributed by atoms with Crippen LogP contribution in [0.3, 0.4) is 0 Å². The van der Waals surface area contributed by atoms with Crippen LogP contribution in [0.1, 0.15) is 47.0 Å². The first-order valence-electron chi connectivity index (χ1n) is 5.70. The fourth-order valence-electron chi connectivity index (χ4n) is 2.03. The summed E-state index contributed by atoms with van der Waals surface area (Å²) >= 11 is 0. The summed E-state index contributed by atoms with van der Waals surface area (Å²) in [4.78, 5) is 13.9. The quantitative estimate of drug-likeness (QED) is 0.746. The Bertz CT molecular complexity index is 205. The molecule has 1 fully saturated rings. The number of nitrogens with zero attached hydrogens (tertiary/aromatic N) is 1. The Morgan fingerprint density at radius 1 is 1.50 bits per heavy atom. The van der Waals surface area contributed by atoms with Gasteiger partial charge < -0.3 is 4.90 Å². The number of carbonyl (C=O) groups is 1. The van der Waals surface area contributed by atoms with Crippen LogP contribution in [0.25, 0.3) is 0 Å². The minimum atomic E-state index is 0.000509. The largest absolute Gasteiger partial charge is 0.323 e. The van der Waals surface area contributed by atoms with Crippen molar-refractivity contribution in [2.45, 2.75) is 65.2 Å². The molecule has 0 saturated carbocycles. The Hall–Kier alpha value is -0.570. The van der Waals surface area contributed by atoms with Crippen LogP contribution in [-0.4, -0.2) is 29.1 Å². The average molecular weight is 198 g/mol. The van der Waals surface area contributed by atoms with E-state index in [-0.39, 0.29) is 18.1 Å². The molecule has 3 atom stereocenters. The van der Waals surface area contributed by atoms with Crippen LogP contribution < -0.4 is 5.32 Å². The van der Waals surface area contributed by atoms with Crippen LogP contribution in [0, 0.1) is 0 Å². The van der Waals surface area contributed by atoms with Gasteiger partial charge in [-0.2, -0.15) is 0 Å². The van der Waals surface area contributed by atoms with Gasteiger partial charge in [-0.25, -0.2) is 0 Å². The maximum atomic E-state index is 11.9. The van der Waals surface area contributed by atoms with Crippen molar-refractivity contribution in [2.24, 2.45) is 0 Å². The van der Waals surface area contributed by atoms with E-state index in [0.29, 0.717) is 6.04 Å². The molecule has 1 rings (SSSR count). The van der Waals surface area contributed by atoms with Gasteiger partial charge >= 0.3 is 0 Å². The lowest BCUT2D eigenvalue weighted by molar-refractivity contribution is -0.131. The molecular formula is C11H22N2O. The van der Waals surface area contributed by atoms with Crippen LogP contribution in [0.4, 0.5) is 0 Å². The lowest BCUT2D eigenvalue weighted by Crippen LogP contribution is -2.42. The van der Waals surface area contributed by atoms with E-state index >= 15 is 0 Å². The molecule has 0 aromatic heterocycles. The molecule has 3 nitrogen and oxygen atoms in total. The maximum Gasteiger partial charge on any atom is 0.240 e. The van der Waals surface area contributed by atoms with Crippen LogP contribution >= 0.6 is 0 Å². The van der Waals surface area contributed by atoms with Crippen LogP contribution in [0.2, 0.25) is 0 Å². The summed E-state index contributed by atoms with van der Waals surface area (Å²) < 4.78 is 0. The normalized spacial score (nSPS) is 29.7. The highest BCUT2D eigenvalue weighted by atomic mass is 16.2. The number of hydrogen-bond donors (Lipinski definition) is 1. The monoisotopic (exact) mass is 198 g/mol. The van der Waals surface area contributed by atoms with Gasteiger partial charge in [0.1, 0.15) is 0 Å². The summed E-state index contributed by atoms with van der Waals surface area (Å²) in [7, 11) is 0. The lowest BCUT2D eigenvalue weighted by atomic mass is 10.2. The molecule has 1 saturated heterocycles. The summed E-state index contributed by atoms with van der Waals surface area (Å²) in [6.45, 7) is 8.36. The van der Waals surface area contributed by atoms with E-state index in [1.807, 2.05) is 11.8 Å². The zero-order valence-electron chi connectivity index (χ0n) is 9.71. The van der Waals surface area contributed by atoms with Crippen molar-refractivity contribution in [1.82, 2.24) is 10.2 Å². The standard InChI is InChI=1S/C11H22N2O/c1-5-7-10-12-9(4)11(14)13(10)8(3)6-2/h8-10,12H,5-7H2,1-4H3. The highest BCUT2D eigenvalue weighted by Gasteiger charge is 2.37. The predicted octanol–water partition coefficient (Wildman–Crippen LogP) is 1.73. The van der Waals surface area contributed by atoms with Gasteiger partial charge in [0.2, 0.25) is 5.91 Å². The van der Waals surface area contributed by atoms with Crippen molar-refractivity contribution in [2.75, 3.05) is 0 Å². The summed E-state index contributed by atoms with van der Waals surface area (Å²) in [6, 6.07) is 0.358. The predicted molar refractivity (Wildman–Crippen MR) is 57.9 cm³/mol. The third-order valence-corrected chi connectivity index (χ3v) is 3.03. The number of nitrogens with one attached hydrogen (secondary N) is 1. The van der Waals surface area contributed by atoms with Crippen molar-refractivity contribution < 1.29 is 4.79 Å². The van der Waals surface area contributed by atoms with Crippen molar-refractivity contribution in [3.63, 3.8) is 0 Å². The third kappa shape index (κ3) is 2.08. The Labute approximate surface area is 86.9 Å². The second kappa shape index (κ2) is 4.78. The number of hydrogen-bond acceptors (Lipinski definition) is 2. The molecule has 1 N–H and O–H groups in total. The number of amides is 1. The average Bonchev–Trinajstić information content (AvgIpc) is 2.43. The van der Waals surface area contributed by atoms with Gasteiger partial charge in [-0.1, -0.05) is 20.3 Å². The van der Waals surface area contributed by atoms with Gasteiger partial charge in [0, 0.05) is 6.04 Å². The third-order valence-electron chi connectivity index (χ3n) is 3.03. The Morgan fingerprint density at radius 3 is 2.64 bits per heavy atom. The van der Waals surface area contributed by atoms with Crippen LogP contribution in [0.5, 0.6) is 0 Å². The summed E-state index contributed by atoms with van der Waals surface area (Å²) in [6.07, 6.45) is 3.46. The molecule has 3 unspecified atom stereocenters. The van der Waals surface area contributed by atoms with Gasteiger partial charge in [0.05, 0.1) is 12.2 Å². The first-order chi connectivity index (χ1) is 6.61. The van der Waals surface area contributed by atoms with Crippen molar-refractivity contribution in [1.29, 1.82) is 0 Å². The fraction of sp³-hybridized carbons (Fsp3) is 0.909. The molecule has 0 spiro atoms. The molecule has 0 aromatic rings. The minimum absolute atomic E-state index is 0.000509. The van der Waals surface area contributed by atoms with E-state index in [0.717, 1.165) is 19.3 Å². The molecular weight excluding hydrogens is 176 g/mol. The minimum Gasteiger partial charge on any atom is -0.323 e. The zero-order valence-corrected chi connectivity index (χ0v) is 9.71. The molecule has 1 aliphatic heterocycles. The summed E-state index contributed by atoms with van der Waals surface area (Å²) in [5.41, 5.74) is 0. The van der Waals surface area contributed by atoms with Gasteiger partial charge in [-0.05, 0) is 26.7 Å². The smallest absolute Gasteiger partial charge is 0.240 e. The van der Waals surface area contributed by atoms with Crippen molar-refractivity contribution >= 4 is 5.91 Å². The van der Waals surface area contributed by atoms with E-state index in [1.165, 1.54) is 0 Å². The second-order valence-electron chi connectivity index (χ2n) is 4.20. The Morgan fingerprint density at radius 2 is 2.14 bits per heavy atom. The molecule has 14 heavy (non-hydrogen) atoms. The molecule has 0 aliphatic carbocycles. The van der Waals surface area contributed by atoms with Crippen LogP contribution in [0.15, 0.2) is 0 Å². The van der Waals surface area contributed by atoms with E-state index in [9.17, 15) is 4.79 Å². The molecule has 0 bridgehead atoms. The van der Waals surface area contributed by atoms with Gasteiger partial charge in [0.25, 0.3) is 0 Å². The maximum absolute atomic E-state index is 11.9. The van der Waals surface area contributed by atoms with E-state index in [4.69, 9.17) is 0 Å². The Balaban J connectivity index is 2.70. The molecule has 1 heterocycles. The molecule has 0 radical (unpaired) electrons. The van der Waals surface area contributed by atoms with Gasteiger partial charge in [-0.3, -0.25) is 10.1 Å². The molecule has 3 heteroatoms. The highest BCUT2D eigenvalue weighted by Crippen LogP contribution is 2.19. The summed E-state index contributed by atoms with van der Waals surface area (Å²) in [5.74, 6) is 0.262. The summed E-state index contributed by atoms with van der Waals surface area (Å²) in [5, 5.41) is 3.35. The lowest BCUT2D eigenvalue weighted by Gasteiger charge is -2.29. The Kier molecular flexibility index (Phi) is 3.93. The van der Waals surface area contributed by atoms with Crippen molar-refractivity contribution in [3.05, 3.63) is 0 Å². The first-order valence-corrected chi connectivity index (χ1v) is 5.70. The topological polar surface area (TPSA) is 32.3 Å². The second-order valence-corrected chi connectivity index (χ2v) is 4.20.